The molecule has 0 aliphatic rings. The zero-order valence-electron chi connectivity index (χ0n) is 12.6. The number of hydrogen-bond donors (Lipinski definition) is 2. The predicted octanol–water partition coefficient (Wildman–Crippen LogP) is 1.75. The maximum atomic E-state index is 11.9. The second-order valence-corrected chi connectivity index (χ2v) is 6.14. The van der Waals surface area contributed by atoms with Gasteiger partial charge in [0.25, 0.3) is 0 Å². The first kappa shape index (κ1) is 16.1. The van der Waals surface area contributed by atoms with Crippen LogP contribution >= 0.6 is 11.8 Å². The highest BCUT2D eigenvalue weighted by atomic mass is 32.2. The van der Waals surface area contributed by atoms with E-state index in [1.165, 1.54) is 16.4 Å². The Kier molecular flexibility index (Phi) is 5.21. The Balaban J connectivity index is 2.12. The molecular weight excluding hydrogens is 298 g/mol. The van der Waals surface area contributed by atoms with Crippen LogP contribution in [0.2, 0.25) is 0 Å². The highest BCUT2D eigenvalue weighted by molar-refractivity contribution is 8.00. The van der Waals surface area contributed by atoms with Crippen LogP contribution in [0.4, 0.5) is 0 Å². The molecule has 6 nitrogen and oxygen atoms in total. The molecule has 0 saturated carbocycles. The topological polar surface area (TPSA) is 85.8 Å². The van der Waals surface area contributed by atoms with Gasteiger partial charge < -0.3 is 11.2 Å². The van der Waals surface area contributed by atoms with E-state index in [4.69, 9.17) is 5.84 Å². The highest BCUT2D eigenvalue weighted by Crippen LogP contribution is 2.24. The van der Waals surface area contributed by atoms with Crippen molar-refractivity contribution in [2.45, 2.75) is 24.3 Å². The lowest BCUT2D eigenvalue weighted by Gasteiger charge is -2.10. The normalized spacial score (nSPS) is 11.9. The lowest BCUT2D eigenvalue weighted by atomic mass is 10.1. The number of hydrogen-bond acceptors (Lipinski definition) is 5. The summed E-state index contributed by atoms with van der Waals surface area (Å²) in [6.45, 7) is 7.81. The third-order valence-corrected chi connectivity index (χ3v) is 4.10. The van der Waals surface area contributed by atoms with Gasteiger partial charge in [-0.05, 0) is 13.8 Å². The standard InChI is InChI=1S/C15H19N5OS/c1-4-9-17-14(21)11(3)22-15-19-18-13(20(15)16)12-7-5-10(2)6-8-12/h4-8,11H,1,9,16H2,2-3H3,(H,17,21)/t11-/m0/s1. The first-order chi connectivity index (χ1) is 10.5. The second kappa shape index (κ2) is 7.13. The number of nitrogens with zero attached hydrogens (tertiary/aromatic N) is 3. The minimum atomic E-state index is -0.322. The number of carbonyl (C=O) groups is 1. The first-order valence-corrected chi connectivity index (χ1v) is 7.73. The number of amides is 1. The van der Waals surface area contributed by atoms with Gasteiger partial charge in [-0.3, -0.25) is 4.79 Å². The molecule has 1 heterocycles. The molecule has 0 spiro atoms. The van der Waals surface area contributed by atoms with Crippen molar-refractivity contribution in [2.24, 2.45) is 0 Å². The Morgan fingerprint density at radius 1 is 1.45 bits per heavy atom. The Morgan fingerprint density at radius 2 is 2.14 bits per heavy atom. The van der Waals surface area contributed by atoms with Gasteiger partial charge in [-0.15, -0.1) is 16.8 Å². The van der Waals surface area contributed by atoms with E-state index in [1.54, 1.807) is 13.0 Å². The van der Waals surface area contributed by atoms with Crippen LogP contribution in [0.15, 0.2) is 42.1 Å². The summed E-state index contributed by atoms with van der Waals surface area (Å²) in [6, 6.07) is 7.86. The Bertz CT molecular complexity index is 665. The van der Waals surface area contributed by atoms with Crippen molar-refractivity contribution in [1.29, 1.82) is 0 Å². The summed E-state index contributed by atoms with van der Waals surface area (Å²) in [4.78, 5) is 11.9. The van der Waals surface area contributed by atoms with Crippen molar-refractivity contribution in [1.82, 2.24) is 20.2 Å². The molecule has 7 heteroatoms. The van der Waals surface area contributed by atoms with E-state index < -0.39 is 0 Å². The van der Waals surface area contributed by atoms with Crippen molar-refractivity contribution >= 4 is 17.7 Å². The van der Waals surface area contributed by atoms with Gasteiger partial charge in [0.05, 0.1) is 5.25 Å². The quantitative estimate of drug-likeness (QED) is 0.481. The summed E-state index contributed by atoms with van der Waals surface area (Å²) >= 11 is 1.27. The zero-order chi connectivity index (χ0) is 16.1. The van der Waals surface area contributed by atoms with E-state index in [0.717, 1.165) is 11.1 Å². The Hall–Kier alpha value is -2.28. The summed E-state index contributed by atoms with van der Waals surface area (Å²) in [5, 5.41) is 11.1. The SMILES string of the molecule is C=CCNC(=O)[C@H](C)Sc1nnc(-c2ccc(C)cc2)n1N. The lowest BCUT2D eigenvalue weighted by Crippen LogP contribution is -2.31. The molecule has 0 bridgehead atoms. The number of aromatic nitrogens is 3. The molecule has 2 aromatic rings. The fourth-order valence-electron chi connectivity index (χ4n) is 1.79. The van der Waals surface area contributed by atoms with Crippen LogP contribution in [0.25, 0.3) is 11.4 Å². The van der Waals surface area contributed by atoms with Gasteiger partial charge in [0, 0.05) is 12.1 Å². The average Bonchev–Trinajstić information content (AvgIpc) is 2.86. The number of carbonyl (C=O) groups excluding carboxylic acids is 1. The van der Waals surface area contributed by atoms with E-state index in [2.05, 4.69) is 22.1 Å². The summed E-state index contributed by atoms with van der Waals surface area (Å²) in [6.07, 6.45) is 1.64. The maximum absolute atomic E-state index is 11.9. The van der Waals surface area contributed by atoms with Gasteiger partial charge in [-0.25, -0.2) is 4.68 Å². The summed E-state index contributed by atoms with van der Waals surface area (Å²) in [5.41, 5.74) is 2.05. The van der Waals surface area contributed by atoms with Gasteiger partial charge in [0.1, 0.15) is 0 Å². The molecule has 0 saturated heterocycles. The molecule has 0 unspecified atom stereocenters. The molecule has 2 rings (SSSR count). The van der Waals surface area contributed by atoms with Gasteiger partial charge in [-0.1, -0.05) is 47.7 Å². The molecule has 1 amide bonds. The van der Waals surface area contributed by atoms with E-state index in [-0.39, 0.29) is 11.2 Å². The van der Waals surface area contributed by atoms with Crippen LogP contribution in [-0.4, -0.2) is 32.6 Å². The van der Waals surface area contributed by atoms with E-state index in [9.17, 15) is 4.79 Å². The smallest absolute Gasteiger partial charge is 0.233 e. The summed E-state index contributed by atoms with van der Waals surface area (Å²) in [5.74, 6) is 6.52. The molecule has 0 radical (unpaired) electrons. The molecule has 1 aromatic carbocycles. The fourth-order valence-corrected chi connectivity index (χ4v) is 2.58. The van der Waals surface area contributed by atoms with Crippen molar-refractivity contribution in [3.63, 3.8) is 0 Å². The number of nitrogen functional groups attached to an aromatic ring is 1. The van der Waals surface area contributed by atoms with E-state index >= 15 is 0 Å². The summed E-state index contributed by atoms with van der Waals surface area (Å²) in [7, 11) is 0. The largest absolute Gasteiger partial charge is 0.352 e. The van der Waals surface area contributed by atoms with Gasteiger partial charge >= 0.3 is 0 Å². The molecule has 22 heavy (non-hydrogen) atoms. The van der Waals surface area contributed by atoms with Gasteiger partial charge in [0.15, 0.2) is 5.82 Å². The molecule has 3 N–H and O–H groups in total. The summed E-state index contributed by atoms with van der Waals surface area (Å²) < 4.78 is 1.41. The molecule has 0 aliphatic carbocycles. The third kappa shape index (κ3) is 3.67. The van der Waals surface area contributed by atoms with Crippen molar-refractivity contribution in [2.75, 3.05) is 12.4 Å². The van der Waals surface area contributed by atoms with Gasteiger partial charge in [-0.2, -0.15) is 0 Å². The monoisotopic (exact) mass is 317 g/mol. The third-order valence-electron chi connectivity index (χ3n) is 3.05. The maximum Gasteiger partial charge on any atom is 0.233 e. The molecular formula is C15H19N5OS. The number of rotatable bonds is 6. The molecule has 0 aliphatic heterocycles. The van der Waals surface area contributed by atoms with Crippen LogP contribution in [0, 0.1) is 6.92 Å². The average molecular weight is 317 g/mol. The first-order valence-electron chi connectivity index (χ1n) is 6.85. The van der Waals surface area contributed by atoms with Crippen molar-refractivity contribution in [3.8, 4) is 11.4 Å². The van der Waals surface area contributed by atoms with Crippen molar-refractivity contribution < 1.29 is 4.79 Å². The number of nitrogens with one attached hydrogen (secondary N) is 1. The van der Waals surface area contributed by atoms with Crippen LogP contribution in [0.1, 0.15) is 12.5 Å². The lowest BCUT2D eigenvalue weighted by molar-refractivity contribution is -0.120. The van der Waals surface area contributed by atoms with Gasteiger partial charge in [0.2, 0.25) is 11.1 Å². The number of aryl methyl sites for hydroxylation is 1. The van der Waals surface area contributed by atoms with Crippen molar-refractivity contribution in [3.05, 3.63) is 42.5 Å². The minimum Gasteiger partial charge on any atom is -0.352 e. The Morgan fingerprint density at radius 3 is 2.77 bits per heavy atom. The number of nitrogens with two attached hydrogens (primary N) is 1. The van der Waals surface area contributed by atoms with Crippen LogP contribution in [-0.2, 0) is 4.79 Å². The van der Waals surface area contributed by atoms with E-state index in [0.29, 0.717) is 17.5 Å². The van der Waals surface area contributed by atoms with Crippen LogP contribution < -0.4 is 11.2 Å². The zero-order valence-corrected chi connectivity index (χ0v) is 13.4. The number of thioether (sulfide) groups is 1. The predicted molar refractivity (Wildman–Crippen MR) is 88.9 cm³/mol. The molecule has 1 aromatic heterocycles. The molecule has 1 atom stereocenters. The Labute approximate surface area is 133 Å². The van der Waals surface area contributed by atoms with Crippen LogP contribution in [0.5, 0.6) is 0 Å². The van der Waals surface area contributed by atoms with Crippen LogP contribution in [0.3, 0.4) is 0 Å². The molecule has 116 valence electrons. The highest BCUT2D eigenvalue weighted by Gasteiger charge is 2.19. The number of benzene rings is 1. The molecule has 0 fully saturated rings. The second-order valence-electron chi connectivity index (χ2n) is 4.84. The van der Waals surface area contributed by atoms with E-state index in [1.807, 2.05) is 31.2 Å². The fraction of sp³-hybridized carbons (Fsp3) is 0.267. The minimum absolute atomic E-state index is 0.0928.